The molecule has 0 radical (unpaired) electrons. The summed E-state index contributed by atoms with van der Waals surface area (Å²) in [5.41, 5.74) is 0. The number of hydrogen-bond acceptors (Lipinski definition) is 2. The molecule has 0 atom stereocenters. The second-order valence-electron chi connectivity index (χ2n) is 2.36. The van der Waals surface area contributed by atoms with Crippen molar-refractivity contribution in [2.75, 3.05) is 6.26 Å². The van der Waals surface area contributed by atoms with Gasteiger partial charge in [-0.3, -0.25) is 4.79 Å². The molecule has 1 aliphatic carbocycles. The van der Waals surface area contributed by atoms with Crippen molar-refractivity contribution >= 4 is 17.7 Å². The van der Waals surface area contributed by atoms with Crippen LogP contribution >= 0.6 is 11.8 Å². The van der Waals surface area contributed by atoms with Gasteiger partial charge in [-0.05, 0) is 19.1 Å². The minimum absolute atomic E-state index is 0.0394. The molecule has 0 amide bonds. The molecule has 0 aromatic carbocycles. The van der Waals surface area contributed by atoms with Crippen LogP contribution in [0.2, 0.25) is 0 Å². The molecule has 1 saturated carbocycles. The van der Waals surface area contributed by atoms with Crippen LogP contribution < -0.4 is 0 Å². The minimum atomic E-state index is -0.625. The lowest BCUT2D eigenvalue weighted by atomic mass is 9.85. The summed E-state index contributed by atoms with van der Waals surface area (Å²) in [4.78, 5) is 10.2. The van der Waals surface area contributed by atoms with Gasteiger partial charge in [-0.1, -0.05) is 0 Å². The molecular formula is C6H10O2S. The van der Waals surface area contributed by atoms with Crippen molar-refractivity contribution in [3.8, 4) is 0 Å². The highest BCUT2D eigenvalue weighted by molar-refractivity contribution is 7.99. The van der Waals surface area contributed by atoms with Crippen LogP contribution in [0.25, 0.3) is 0 Å². The van der Waals surface area contributed by atoms with Gasteiger partial charge in [0.15, 0.2) is 0 Å². The van der Waals surface area contributed by atoms with Crippen LogP contribution in [0.1, 0.15) is 12.8 Å². The lowest BCUT2D eigenvalue weighted by Gasteiger charge is -2.30. The van der Waals surface area contributed by atoms with Gasteiger partial charge in [0, 0.05) is 5.25 Å². The molecular weight excluding hydrogens is 136 g/mol. The van der Waals surface area contributed by atoms with Gasteiger partial charge in [0.25, 0.3) is 0 Å². The lowest BCUT2D eigenvalue weighted by Crippen LogP contribution is -2.31. The minimum Gasteiger partial charge on any atom is -0.481 e. The van der Waals surface area contributed by atoms with Gasteiger partial charge in [-0.2, -0.15) is 11.8 Å². The maximum atomic E-state index is 10.2. The smallest absolute Gasteiger partial charge is 0.306 e. The first-order valence-electron chi connectivity index (χ1n) is 2.99. The predicted molar refractivity (Wildman–Crippen MR) is 37.7 cm³/mol. The Morgan fingerprint density at radius 3 is 2.56 bits per heavy atom. The third kappa shape index (κ3) is 1.39. The Bertz CT molecular complexity index is 118. The molecule has 2 nitrogen and oxygen atoms in total. The Morgan fingerprint density at radius 2 is 2.22 bits per heavy atom. The van der Waals surface area contributed by atoms with Crippen LogP contribution in [0.5, 0.6) is 0 Å². The molecule has 0 unspecified atom stereocenters. The lowest BCUT2D eigenvalue weighted by molar-refractivity contribution is -0.144. The first kappa shape index (κ1) is 6.93. The molecule has 0 aromatic rings. The predicted octanol–water partition coefficient (Wildman–Crippen LogP) is 1.21. The van der Waals surface area contributed by atoms with E-state index < -0.39 is 5.97 Å². The van der Waals surface area contributed by atoms with E-state index in [0.29, 0.717) is 5.25 Å². The number of rotatable bonds is 2. The molecule has 1 N–H and O–H groups in total. The average molecular weight is 146 g/mol. The van der Waals surface area contributed by atoms with Crippen molar-refractivity contribution in [1.29, 1.82) is 0 Å². The highest BCUT2D eigenvalue weighted by Gasteiger charge is 2.33. The zero-order chi connectivity index (χ0) is 6.85. The Morgan fingerprint density at radius 1 is 1.67 bits per heavy atom. The van der Waals surface area contributed by atoms with E-state index in [0.717, 1.165) is 12.8 Å². The molecule has 52 valence electrons. The SMILES string of the molecule is CS[C@H]1C[C@H](C(=O)O)C1. The molecule has 3 heteroatoms. The molecule has 0 aliphatic heterocycles. The van der Waals surface area contributed by atoms with E-state index in [-0.39, 0.29) is 5.92 Å². The van der Waals surface area contributed by atoms with Gasteiger partial charge in [0.1, 0.15) is 0 Å². The van der Waals surface area contributed by atoms with Gasteiger partial charge in [-0.15, -0.1) is 0 Å². The Labute approximate surface area is 58.6 Å². The van der Waals surface area contributed by atoms with E-state index in [9.17, 15) is 4.79 Å². The summed E-state index contributed by atoms with van der Waals surface area (Å²) in [5, 5.41) is 9.05. The number of carbonyl (C=O) groups is 1. The zero-order valence-corrected chi connectivity index (χ0v) is 6.15. The molecule has 1 rings (SSSR count). The van der Waals surface area contributed by atoms with Gasteiger partial charge in [0.2, 0.25) is 0 Å². The summed E-state index contributed by atoms with van der Waals surface area (Å²) in [6.07, 6.45) is 3.77. The van der Waals surface area contributed by atoms with Crippen molar-refractivity contribution in [3.63, 3.8) is 0 Å². The van der Waals surface area contributed by atoms with Crippen molar-refractivity contribution in [2.45, 2.75) is 18.1 Å². The maximum Gasteiger partial charge on any atom is 0.306 e. The van der Waals surface area contributed by atoms with Crippen LogP contribution in [-0.4, -0.2) is 22.6 Å². The highest BCUT2D eigenvalue weighted by atomic mass is 32.2. The number of hydrogen-bond donors (Lipinski definition) is 1. The van der Waals surface area contributed by atoms with Gasteiger partial charge < -0.3 is 5.11 Å². The fourth-order valence-corrected chi connectivity index (χ4v) is 1.81. The van der Waals surface area contributed by atoms with E-state index in [1.807, 2.05) is 6.26 Å². The van der Waals surface area contributed by atoms with Crippen molar-refractivity contribution < 1.29 is 9.90 Å². The van der Waals surface area contributed by atoms with Crippen LogP contribution in [0.4, 0.5) is 0 Å². The van der Waals surface area contributed by atoms with E-state index in [1.165, 1.54) is 0 Å². The van der Waals surface area contributed by atoms with E-state index in [1.54, 1.807) is 11.8 Å². The molecule has 1 fully saturated rings. The molecule has 0 spiro atoms. The van der Waals surface area contributed by atoms with Crippen molar-refractivity contribution in [1.82, 2.24) is 0 Å². The van der Waals surface area contributed by atoms with E-state index in [4.69, 9.17) is 5.11 Å². The third-order valence-electron chi connectivity index (χ3n) is 1.78. The molecule has 1 aliphatic rings. The summed E-state index contributed by atoms with van der Waals surface area (Å²) in [6, 6.07) is 0. The Kier molecular flexibility index (Phi) is 2.01. The van der Waals surface area contributed by atoms with Crippen LogP contribution in [0.15, 0.2) is 0 Å². The van der Waals surface area contributed by atoms with Crippen LogP contribution in [-0.2, 0) is 4.79 Å². The second-order valence-corrected chi connectivity index (χ2v) is 3.50. The Balaban J connectivity index is 2.19. The third-order valence-corrected chi connectivity index (χ3v) is 2.83. The topological polar surface area (TPSA) is 37.3 Å². The number of aliphatic carboxylic acids is 1. The maximum absolute atomic E-state index is 10.2. The molecule has 9 heavy (non-hydrogen) atoms. The summed E-state index contributed by atoms with van der Waals surface area (Å²) in [7, 11) is 0. The number of carboxylic acids is 1. The monoisotopic (exact) mass is 146 g/mol. The first-order chi connectivity index (χ1) is 4.24. The summed E-state index contributed by atoms with van der Waals surface area (Å²) < 4.78 is 0. The normalized spacial score (nSPS) is 33.4. The largest absolute Gasteiger partial charge is 0.481 e. The highest BCUT2D eigenvalue weighted by Crippen LogP contribution is 2.35. The zero-order valence-electron chi connectivity index (χ0n) is 5.33. The summed E-state index contributed by atoms with van der Waals surface area (Å²) in [5.74, 6) is -0.664. The summed E-state index contributed by atoms with van der Waals surface area (Å²) in [6.45, 7) is 0. The number of carboxylic acid groups (broad SMARTS) is 1. The molecule has 0 heterocycles. The average Bonchev–Trinajstić information content (AvgIpc) is 1.61. The second kappa shape index (κ2) is 2.60. The van der Waals surface area contributed by atoms with Gasteiger partial charge in [0.05, 0.1) is 5.92 Å². The van der Waals surface area contributed by atoms with Gasteiger partial charge >= 0.3 is 5.97 Å². The van der Waals surface area contributed by atoms with E-state index >= 15 is 0 Å². The van der Waals surface area contributed by atoms with Crippen molar-refractivity contribution in [2.24, 2.45) is 5.92 Å². The van der Waals surface area contributed by atoms with Crippen molar-refractivity contribution in [3.05, 3.63) is 0 Å². The standard InChI is InChI=1S/C6H10O2S/c1-9-5-2-4(3-5)6(7)8/h4-5H,2-3H2,1H3,(H,7,8)/t4-,5-. The van der Waals surface area contributed by atoms with Crippen LogP contribution in [0, 0.1) is 5.92 Å². The fraction of sp³-hybridized carbons (Fsp3) is 0.833. The molecule has 0 aromatic heterocycles. The molecule has 0 bridgehead atoms. The first-order valence-corrected chi connectivity index (χ1v) is 4.28. The summed E-state index contributed by atoms with van der Waals surface area (Å²) >= 11 is 1.77. The quantitative estimate of drug-likeness (QED) is 0.636. The molecule has 0 saturated heterocycles. The van der Waals surface area contributed by atoms with Crippen LogP contribution in [0.3, 0.4) is 0 Å². The van der Waals surface area contributed by atoms with Gasteiger partial charge in [-0.25, -0.2) is 0 Å². The van der Waals surface area contributed by atoms with E-state index in [2.05, 4.69) is 0 Å². The number of thioether (sulfide) groups is 1. The fourth-order valence-electron chi connectivity index (χ4n) is 0.960. The Hall–Kier alpha value is -0.180.